The van der Waals surface area contributed by atoms with E-state index in [1.807, 2.05) is 0 Å². The fourth-order valence-corrected chi connectivity index (χ4v) is 1.31. The molecule has 2 nitrogen and oxygen atoms in total. The Hall–Kier alpha value is -2.10. The van der Waals surface area contributed by atoms with Gasteiger partial charge in [-0.25, -0.2) is 8.78 Å². The molecule has 4 heteroatoms. The molecule has 0 N–H and O–H groups in total. The van der Waals surface area contributed by atoms with Gasteiger partial charge in [0.25, 0.3) is 0 Å². The van der Waals surface area contributed by atoms with E-state index in [1.54, 1.807) is 0 Å². The lowest BCUT2D eigenvalue weighted by atomic mass is 10.0. The number of pyridine rings is 1. The molecule has 2 aromatic rings. The first kappa shape index (κ1) is 10.4. The van der Waals surface area contributed by atoms with E-state index in [1.165, 1.54) is 30.6 Å². The van der Waals surface area contributed by atoms with E-state index in [4.69, 9.17) is 0 Å². The van der Waals surface area contributed by atoms with E-state index in [-0.39, 0.29) is 11.3 Å². The second kappa shape index (κ2) is 4.18. The van der Waals surface area contributed by atoms with Gasteiger partial charge in [0.2, 0.25) is 0 Å². The summed E-state index contributed by atoms with van der Waals surface area (Å²) in [4.78, 5) is 15.6. The fraction of sp³-hybridized carbons (Fsp3) is 0. The maximum Gasteiger partial charge on any atom is 0.193 e. The maximum absolute atomic E-state index is 12.9. The van der Waals surface area contributed by atoms with Crippen molar-refractivity contribution < 1.29 is 13.6 Å². The van der Waals surface area contributed by atoms with Crippen molar-refractivity contribution in [2.75, 3.05) is 0 Å². The van der Waals surface area contributed by atoms with Gasteiger partial charge >= 0.3 is 0 Å². The second-order valence-electron chi connectivity index (χ2n) is 3.19. The first-order valence-corrected chi connectivity index (χ1v) is 4.58. The van der Waals surface area contributed by atoms with Gasteiger partial charge in [-0.05, 0) is 30.3 Å². The minimum absolute atomic E-state index is 0.116. The molecule has 0 aliphatic rings. The van der Waals surface area contributed by atoms with Crippen LogP contribution in [0.15, 0.2) is 42.7 Å². The molecule has 0 aliphatic carbocycles. The molecule has 1 heterocycles. The number of carbonyl (C=O) groups excluding carboxylic acids is 1. The summed E-state index contributed by atoms with van der Waals surface area (Å²) in [6.07, 6.45) is 2.93. The Bertz CT molecular complexity index is 526. The molecule has 0 atom stereocenters. The minimum Gasteiger partial charge on any atom is -0.289 e. The third-order valence-corrected chi connectivity index (χ3v) is 2.12. The normalized spacial score (nSPS) is 10.1. The summed E-state index contributed by atoms with van der Waals surface area (Å²) in [5.41, 5.74) is 0.506. The summed E-state index contributed by atoms with van der Waals surface area (Å²) < 4.78 is 25.6. The first-order valence-electron chi connectivity index (χ1n) is 4.58. The zero-order chi connectivity index (χ0) is 11.5. The smallest absolute Gasteiger partial charge is 0.193 e. The average Bonchev–Trinajstić information content (AvgIpc) is 2.33. The lowest BCUT2D eigenvalue weighted by Gasteiger charge is -2.01. The Morgan fingerprint density at radius 1 is 0.938 bits per heavy atom. The van der Waals surface area contributed by atoms with Gasteiger partial charge in [0.1, 0.15) is 0 Å². The van der Waals surface area contributed by atoms with Crippen LogP contribution >= 0.6 is 0 Å². The van der Waals surface area contributed by atoms with Crippen molar-refractivity contribution in [1.29, 1.82) is 0 Å². The quantitative estimate of drug-likeness (QED) is 0.726. The topological polar surface area (TPSA) is 30.0 Å². The van der Waals surface area contributed by atoms with Crippen LogP contribution in [-0.2, 0) is 0 Å². The fourth-order valence-electron chi connectivity index (χ4n) is 1.31. The molecule has 0 radical (unpaired) electrons. The Balaban J connectivity index is 2.39. The number of halogens is 2. The number of carbonyl (C=O) groups is 1. The number of ketones is 1. The van der Waals surface area contributed by atoms with E-state index in [2.05, 4.69) is 4.98 Å². The highest BCUT2D eigenvalue weighted by Crippen LogP contribution is 2.12. The van der Waals surface area contributed by atoms with Crippen LogP contribution in [0.25, 0.3) is 0 Å². The molecule has 16 heavy (non-hydrogen) atoms. The number of aromatic nitrogens is 1. The largest absolute Gasteiger partial charge is 0.289 e. The van der Waals surface area contributed by atoms with Crippen molar-refractivity contribution in [2.45, 2.75) is 0 Å². The Morgan fingerprint density at radius 3 is 2.25 bits per heavy atom. The van der Waals surface area contributed by atoms with Gasteiger partial charge in [-0.15, -0.1) is 0 Å². The van der Waals surface area contributed by atoms with Crippen LogP contribution in [0.5, 0.6) is 0 Å². The molecule has 1 aromatic carbocycles. The van der Waals surface area contributed by atoms with Crippen LogP contribution in [0.3, 0.4) is 0 Å². The Kier molecular flexibility index (Phi) is 2.72. The van der Waals surface area contributed by atoms with Crippen molar-refractivity contribution in [2.24, 2.45) is 0 Å². The number of rotatable bonds is 2. The molecular formula is C12H7F2NO. The number of benzene rings is 1. The first-order chi connectivity index (χ1) is 7.68. The maximum atomic E-state index is 12.9. The minimum atomic E-state index is -1.03. The van der Waals surface area contributed by atoms with E-state index in [0.29, 0.717) is 5.56 Å². The molecule has 80 valence electrons. The Morgan fingerprint density at radius 2 is 1.62 bits per heavy atom. The molecule has 0 unspecified atom stereocenters. The standard InChI is InChI=1S/C12H7F2NO/c13-10-2-1-9(7-11(10)14)12(16)8-3-5-15-6-4-8/h1-7H. The highest BCUT2D eigenvalue weighted by molar-refractivity contribution is 6.08. The van der Waals surface area contributed by atoms with Crippen LogP contribution in [0.4, 0.5) is 8.78 Å². The second-order valence-corrected chi connectivity index (χ2v) is 3.19. The lowest BCUT2D eigenvalue weighted by molar-refractivity contribution is 0.103. The summed E-state index contributed by atoms with van der Waals surface area (Å²) in [7, 11) is 0. The third-order valence-electron chi connectivity index (χ3n) is 2.12. The third kappa shape index (κ3) is 1.95. The SMILES string of the molecule is O=C(c1ccncc1)c1ccc(F)c(F)c1. The van der Waals surface area contributed by atoms with Crippen molar-refractivity contribution in [1.82, 2.24) is 4.98 Å². The van der Waals surface area contributed by atoms with E-state index in [9.17, 15) is 13.6 Å². The average molecular weight is 219 g/mol. The summed E-state index contributed by atoms with van der Waals surface area (Å²) in [5, 5.41) is 0. The number of nitrogens with zero attached hydrogens (tertiary/aromatic N) is 1. The Labute approximate surface area is 90.6 Å². The van der Waals surface area contributed by atoms with Crippen LogP contribution in [0.2, 0.25) is 0 Å². The highest BCUT2D eigenvalue weighted by atomic mass is 19.2. The number of hydrogen-bond acceptors (Lipinski definition) is 2. The zero-order valence-electron chi connectivity index (χ0n) is 8.15. The molecule has 1 aromatic heterocycles. The van der Waals surface area contributed by atoms with Crippen LogP contribution in [0, 0.1) is 11.6 Å². The number of hydrogen-bond donors (Lipinski definition) is 0. The predicted molar refractivity (Wildman–Crippen MR) is 54.0 cm³/mol. The monoisotopic (exact) mass is 219 g/mol. The molecule has 0 amide bonds. The van der Waals surface area contributed by atoms with Crippen molar-refractivity contribution in [3.8, 4) is 0 Å². The molecule has 0 saturated carbocycles. The predicted octanol–water partition coefficient (Wildman–Crippen LogP) is 2.59. The molecule has 0 aliphatic heterocycles. The van der Waals surface area contributed by atoms with Crippen molar-refractivity contribution in [3.05, 3.63) is 65.5 Å². The van der Waals surface area contributed by atoms with Gasteiger partial charge in [0, 0.05) is 23.5 Å². The van der Waals surface area contributed by atoms with Gasteiger partial charge in [-0.2, -0.15) is 0 Å². The van der Waals surface area contributed by atoms with Gasteiger partial charge in [0.05, 0.1) is 0 Å². The van der Waals surface area contributed by atoms with Crippen LogP contribution in [-0.4, -0.2) is 10.8 Å². The van der Waals surface area contributed by atoms with E-state index >= 15 is 0 Å². The van der Waals surface area contributed by atoms with Gasteiger partial charge in [0.15, 0.2) is 17.4 Å². The summed E-state index contributed by atoms with van der Waals surface area (Å²) in [5.74, 6) is -2.35. The lowest BCUT2D eigenvalue weighted by Crippen LogP contribution is -2.02. The summed E-state index contributed by atoms with van der Waals surface area (Å²) in [6.45, 7) is 0. The molecular weight excluding hydrogens is 212 g/mol. The van der Waals surface area contributed by atoms with Crippen LogP contribution < -0.4 is 0 Å². The van der Waals surface area contributed by atoms with E-state index in [0.717, 1.165) is 12.1 Å². The van der Waals surface area contributed by atoms with Gasteiger partial charge in [-0.1, -0.05) is 0 Å². The van der Waals surface area contributed by atoms with Gasteiger partial charge in [-0.3, -0.25) is 9.78 Å². The van der Waals surface area contributed by atoms with Gasteiger partial charge < -0.3 is 0 Å². The van der Waals surface area contributed by atoms with E-state index < -0.39 is 11.6 Å². The molecule has 2 rings (SSSR count). The van der Waals surface area contributed by atoms with Crippen molar-refractivity contribution >= 4 is 5.78 Å². The molecule has 0 spiro atoms. The summed E-state index contributed by atoms with van der Waals surface area (Å²) >= 11 is 0. The zero-order valence-corrected chi connectivity index (χ0v) is 8.15. The molecule has 0 bridgehead atoms. The summed E-state index contributed by atoms with van der Waals surface area (Å²) in [6, 6.07) is 6.11. The van der Waals surface area contributed by atoms with Crippen LogP contribution in [0.1, 0.15) is 15.9 Å². The highest BCUT2D eigenvalue weighted by Gasteiger charge is 2.11. The molecule has 0 fully saturated rings. The van der Waals surface area contributed by atoms with Crippen molar-refractivity contribution in [3.63, 3.8) is 0 Å². The molecule has 0 saturated heterocycles.